The number of aromatic hydroxyl groups is 3. The molecule has 3 rings (SSSR count). The minimum Gasteiger partial charge on any atom is -0.507 e. The summed E-state index contributed by atoms with van der Waals surface area (Å²) in [6.07, 6.45) is 7.44. The van der Waals surface area contributed by atoms with Crippen molar-refractivity contribution in [2.75, 3.05) is 0 Å². The predicted molar refractivity (Wildman–Crippen MR) is 98.6 cm³/mol. The maximum Gasteiger partial charge on any atom is 0.206 e. The lowest BCUT2D eigenvalue weighted by Gasteiger charge is -2.16. The molecule has 1 aromatic heterocycles. The third kappa shape index (κ3) is 3.87. The van der Waals surface area contributed by atoms with Gasteiger partial charge in [0, 0.05) is 16.5 Å². The molecule has 0 spiro atoms. The van der Waals surface area contributed by atoms with E-state index in [-0.39, 0.29) is 17.2 Å². The van der Waals surface area contributed by atoms with Crippen molar-refractivity contribution in [1.82, 2.24) is 4.68 Å². The van der Waals surface area contributed by atoms with Crippen molar-refractivity contribution in [3.8, 4) is 17.2 Å². The highest BCUT2D eigenvalue weighted by atomic mass is 32.1. The Bertz CT molecular complexity index is 861. The standard InChI is InChI=1S/C18H23N3O3S/c1-11-12(2)25-18(20-14-6-4-3-5-7-14)21(11)19-10-13-8-16(23)17(24)9-15(13)22/h8-10,14,22-24H,3-7H2,1-2H3. The van der Waals surface area contributed by atoms with Gasteiger partial charge < -0.3 is 15.3 Å². The van der Waals surface area contributed by atoms with Gasteiger partial charge in [-0.25, -0.2) is 4.68 Å². The number of aromatic nitrogens is 1. The van der Waals surface area contributed by atoms with E-state index in [1.165, 1.54) is 31.5 Å². The number of hydrogen-bond donors (Lipinski definition) is 3. The van der Waals surface area contributed by atoms with Gasteiger partial charge in [0.1, 0.15) is 5.75 Å². The van der Waals surface area contributed by atoms with Gasteiger partial charge in [0.05, 0.1) is 18.0 Å². The first-order valence-electron chi connectivity index (χ1n) is 8.48. The fourth-order valence-corrected chi connectivity index (χ4v) is 3.92. The molecule has 0 unspecified atom stereocenters. The molecule has 25 heavy (non-hydrogen) atoms. The van der Waals surface area contributed by atoms with Crippen molar-refractivity contribution in [2.45, 2.75) is 52.0 Å². The molecule has 0 saturated heterocycles. The summed E-state index contributed by atoms with van der Waals surface area (Å²) in [6.45, 7) is 4.02. The largest absolute Gasteiger partial charge is 0.507 e. The summed E-state index contributed by atoms with van der Waals surface area (Å²) in [5.74, 6) is -0.803. The molecule has 1 aromatic carbocycles. The van der Waals surface area contributed by atoms with E-state index in [2.05, 4.69) is 5.10 Å². The molecule has 1 heterocycles. The van der Waals surface area contributed by atoms with E-state index in [1.807, 2.05) is 13.8 Å². The zero-order valence-electron chi connectivity index (χ0n) is 14.4. The van der Waals surface area contributed by atoms with Gasteiger partial charge in [0.25, 0.3) is 0 Å². The maximum atomic E-state index is 9.91. The summed E-state index contributed by atoms with van der Waals surface area (Å²) < 4.78 is 1.78. The second-order valence-electron chi connectivity index (χ2n) is 6.40. The van der Waals surface area contributed by atoms with Crippen molar-refractivity contribution < 1.29 is 15.3 Å². The lowest BCUT2D eigenvalue weighted by Crippen LogP contribution is -2.19. The zero-order valence-corrected chi connectivity index (χ0v) is 15.3. The van der Waals surface area contributed by atoms with E-state index in [4.69, 9.17) is 4.99 Å². The molecule has 0 aliphatic heterocycles. The second-order valence-corrected chi connectivity index (χ2v) is 7.58. The lowest BCUT2D eigenvalue weighted by molar-refractivity contribution is 0.396. The van der Waals surface area contributed by atoms with Crippen molar-refractivity contribution >= 4 is 17.6 Å². The molecule has 0 amide bonds. The van der Waals surface area contributed by atoms with Crippen molar-refractivity contribution in [3.63, 3.8) is 0 Å². The van der Waals surface area contributed by atoms with Gasteiger partial charge in [-0.3, -0.25) is 4.99 Å². The van der Waals surface area contributed by atoms with Crippen molar-refractivity contribution in [1.29, 1.82) is 0 Å². The summed E-state index contributed by atoms with van der Waals surface area (Å²) in [5.41, 5.74) is 1.33. The average Bonchev–Trinajstić information content (AvgIpc) is 2.85. The van der Waals surface area contributed by atoms with Crippen LogP contribution in [0.1, 0.15) is 48.2 Å². The molecular weight excluding hydrogens is 338 g/mol. The highest BCUT2D eigenvalue weighted by Gasteiger charge is 2.14. The molecule has 3 N–H and O–H groups in total. The van der Waals surface area contributed by atoms with E-state index in [1.54, 1.807) is 16.0 Å². The fourth-order valence-electron chi connectivity index (χ4n) is 2.94. The minimum atomic E-state index is -0.363. The third-order valence-electron chi connectivity index (χ3n) is 4.56. The van der Waals surface area contributed by atoms with Crippen LogP contribution in [0, 0.1) is 13.8 Å². The molecule has 0 radical (unpaired) electrons. The van der Waals surface area contributed by atoms with E-state index in [9.17, 15) is 15.3 Å². The molecule has 1 aliphatic carbocycles. The van der Waals surface area contributed by atoms with E-state index >= 15 is 0 Å². The maximum absolute atomic E-state index is 9.91. The number of nitrogens with zero attached hydrogens (tertiary/aromatic N) is 3. The number of aryl methyl sites for hydroxylation is 1. The van der Waals surface area contributed by atoms with Gasteiger partial charge in [-0.1, -0.05) is 19.3 Å². The SMILES string of the molecule is Cc1sc(=NC2CCCCC2)n(N=Cc2cc(O)c(O)cc2O)c1C. The second kappa shape index (κ2) is 7.31. The molecule has 0 atom stereocenters. The Hall–Kier alpha value is -2.28. The van der Waals surface area contributed by atoms with Crippen LogP contribution in [0.2, 0.25) is 0 Å². The first kappa shape index (κ1) is 17.5. The summed E-state index contributed by atoms with van der Waals surface area (Å²) in [4.78, 5) is 6.87. The highest BCUT2D eigenvalue weighted by Crippen LogP contribution is 2.31. The van der Waals surface area contributed by atoms with Crippen LogP contribution in [0.5, 0.6) is 17.2 Å². The number of phenols is 3. The lowest BCUT2D eigenvalue weighted by atomic mass is 9.96. The first-order valence-corrected chi connectivity index (χ1v) is 9.29. The van der Waals surface area contributed by atoms with E-state index in [0.29, 0.717) is 11.6 Å². The summed E-state index contributed by atoms with van der Waals surface area (Å²) in [5, 5.41) is 33.4. The van der Waals surface area contributed by atoms with Gasteiger partial charge in [0.15, 0.2) is 11.5 Å². The van der Waals surface area contributed by atoms with Gasteiger partial charge in [-0.15, -0.1) is 11.3 Å². The zero-order chi connectivity index (χ0) is 18.0. The predicted octanol–water partition coefficient (Wildman–Crippen LogP) is 3.40. The van der Waals surface area contributed by atoms with Crippen LogP contribution in [0.25, 0.3) is 0 Å². The Labute approximate surface area is 150 Å². The van der Waals surface area contributed by atoms with E-state index in [0.717, 1.165) is 34.3 Å². The Morgan fingerprint density at radius 2 is 1.72 bits per heavy atom. The van der Waals surface area contributed by atoms with Gasteiger partial charge in [-0.2, -0.15) is 5.10 Å². The average molecular weight is 361 g/mol. The van der Waals surface area contributed by atoms with E-state index < -0.39 is 0 Å². The number of phenolic OH excluding ortho intramolecular Hbond substituents is 3. The fraction of sp³-hybridized carbons (Fsp3) is 0.444. The number of benzene rings is 1. The van der Waals surface area contributed by atoms with Crippen LogP contribution >= 0.6 is 11.3 Å². The Balaban J connectivity index is 1.97. The van der Waals surface area contributed by atoms with Crippen LogP contribution in [0.3, 0.4) is 0 Å². The summed E-state index contributed by atoms with van der Waals surface area (Å²) in [7, 11) is 0. The minimum absolute atomic E-state index is 0.143. The topological polar surface area (TPSA) is 90.3 Å². The Morgan fingerprint density at radius 3 is 2.44 bits per heavy atom. The summed E-state index contributed by atoms with van der Waals surface area (Å²) >= 11 is 1.61. The Morgan fingerprint density at radius 1 is 1.04 bits per heavy atom. The normalized spacial score (nSPS) is 16.8. The molecule has 1 fully saturated rings. The molecular formula is C18H23N3O3S. The third-order valence-corrected chi connectivity index (χ3v) is 5.62. The molecule has 7 heteroatoms. The summed E-state index contributed by atoms with van der Waals surface area (Å²) in [6, 6.07) is 2.72. The number of thiazole rings is 1. The van der Waals surface area contributed by atoms with Gasteiger partial charge in [0.2, 0.25) is 4.80 Å². The molecule has 1 aliphatic rings. The van der Waals surface area contributed by atoms with Crippen LogP contribution < -0.4 is 4.80 Å². The molecule has 1 saturated carbocycles. The van der Waals surface area contributed by atoms with Crippen LogP contribution in [-0.4, -0.2) is 32.3 Å². The molecule has 2 aromatic rings. The number of hydrogen-bond acceptors (Lipinski definition) is 6. The number of rotatable bonds is 3. The van der Waals surface area contributed by atoms with Crippen LogP contribution in [-0.2, 0) is 0 Å². The quantitative estimate of drug-likeness (QED) is 0.445. The highest BCUT2D eigenvalue weighted by molar-refractivity contribution is 7.09. The van der Waals surface area contributed by atoms with Crippen molar-refractivity contribution in [2.24, 2.45) is 10.1 Å². The van der Waals surface area contributed by atoms with Crippen molar-refractivity contribution in [3.05, 3.63) is 33.1 Å². The van der Waals surface area contributed by atoms with Gasteiger partial charge in [-0.05, 0) is 32.8 Å². The monoisotopic (exact) mass is 361 g/mol. The molecule has 134 valence electrons. The van der Waals surface area contributed by atoms with Gasteiger partial charge >= 0.3 is 0 Å². The van der Waals surface area contributed by atoms with Crippen LogP contribution in [0.15, 0.2) is 22.2 Å². The first-order chi connectivity index (χ1) is 12.0. The molecule has 0 bridgehead atoms. The Kier molecular flexibility index (Phi) is 5.13. The molecule has 6 nitrogen and oxygen atoms in total. The van der Waals surface area contributed by atoms with Crippen LogP contribution in [0.4, 0.5) is 0 Å². The smallest absolute Gasteiger partial charge is 0.206 e.